The molecule has 0 aliphatic rings. The van der Waals surface area contributed by atoms with E-state index in [0.717, 1.165) is 49.3 Å². The first-order valence-corrected chi connectivity index (χ1v) is 8.21. The summed E-state index contributed by atoms with van der Waals surface area (Å²) in [7, 11) is 0. The zero-order valence-corrected chi connectivity index (χ0v) is 13.0. The van der Waals surface area contributed by atoms with Crippen LogP contribution in [0.3, 0.4) is 0 Å². The number of nitrogens with one attached hydrogen (secondary N) is 2. The third-order valence-electron chi connectivity index (χ3n) is 2.80. The van der Waals surface area contributed by atoms with E-state index in [4.69, 9.17) is 11.6 Å². The van der Waals surface area contributed by atoms with E-state index in [-0.39, 0.29) is 0 Å². The van der Waals surface area contributed by atoms with Crippen LogP contribution < -0.4 is 10.6 Å². The van der Waals surface area contributed by atoms with Crippen molar-refractivity contribution in [3.05, 3.63) is 28.3 Å². The summed E-state index contributed by atoms with van der Waals surface area (Å²) in [5.74, 6) is 0.999. The molecule has 0 heterocycles. The Morgan fingerprint density at radius 1 is 1.37 bits per heavy atom. The maximum absolute atomic E-state index is 11.1. The number of thioether (sulfide) groups is 1. The zero-order valence-electron chi connectivity index (χ0n) is 11.5. The Morgan fingerprint density at radius 2 is 2.16 bits per heavy atom. The Balaban J connectivity index is 2.76. The van der Waals surface area contributed by atoms with Gasteiger partial charge in [-0.05, 0) is 42.7 Å². The molecule has 1 aromatic rings. The summed E-state index contributed by atoms with van der Waals surface area (Å²) in [5, 5.41) is 7.15. The predicted octanol–water partition coefficient (Wildman–Crippen LogP) is 3.08. The summed E-state index contributed by atoms with van der Waals surface area (Å²) in [6.07, 6.45) is 3.82. The van der Waals surface area contributed by atoms with Crippen molar-refractivity contribution < 1.29 is 4.79 Å². The molecule has 5 heteroatoms. The molecular formula is C14H21ClN2OS. The van der Waals surface area contributed by atoms with Crippen LogP contribution in [0.1, 0.15) is 22.8 Å². The summed E-state index contributed by atoms with van der Waals surface area (Å²) in [6, 6.07) is 3.74. The van der Waals surface area contributed by atoms with E-state index in [2.05, 4.69) is 23.8 Å². The number of halogens is 1. The molecule has 19 heavy (non-hydrogen) atoms. The Labute approximate surface area is 124 Å². The number of hydrogen-bond donors (Lipinski definition) is 2. The van der Waals surface area contributed by atoms with E-state index < -0.39 is 0 Å². The van der Waals surface area contributed by atoms with Gasteiger partial charge in [0.2, 0.25) is 0 Å². The van der Waals surface area contributed by atoms with E-state index in [1.165, 1.54) is 0 Å². The topological polar surface area (TPSA) is 41.1 Å². The Morgan fingerprint density at radius 3 is 2.79 bits per heavy atom. The van der Waals surface area contributed by atoms with Crippen LogP contribution in [-0.4, -0.2) is 37.9 Å². The van der Waals surface area contributed by atoms with Crippen LogP contribution in [0.4, 0.5) is 5.69 Å². The Hall–Kier alpha value is -0.710. The number of likely N-dealkylation sites (N-methyl/N-ethyl adjacent to an activating group) is 1. The number of rotatable bonds is 9. The molecule has 0 aliphatic heterocycles. The average Bonchev–Trinajstić information content (AvgIpc) is 2.43. The van der Waals surface area contributed by atoms with E-state index >= 15 is 0 Å². The molecule has 0 atom stereocenters. The highest BCUT2D eigenvalue weighted by Crippen LogP contribution is 2.26. The van der Waals surface area contributed by atoms with Crippen LogP contribution in [0, 0.1) is 0 Å². The summed E-state index contributed by atoms with van der Waals surface area (Å²) in [6.45, 7) is 4.74. The minimum absolute atomic E-state index is 0.603. The first-order chi connectivity index (χ1) is 9.22. The third kappa shape index (κ3) is 5.43. The van der Waals surface area contributed by atoms with Crippen LogP contribution >= 0.6 is 23.4 Å². The first kappa shape index (κ1) is 16.3. The Kier molecular flexibility index (Phi) is 7.94. The van der Waals surface area contributed by atoms with Gasteiger partial charge in [0.15, 0.2) is 0 Å². The lowest BCUT2D eigenvalue weighted by Crippen LogP contribution is -2.21. The van der Waals surface area contributed by atoms with Crippen LogP contribution in [0.2, 0.25) is 5.02 Å². The second-order valence-electron chi connectivity index (χ2n) is 4.17. The van der Waals surface area contributed by atoms with Crippen molar-refractivity contribution in [1.29, 1.82) is 0 Å². The lowest BCUT2D eigenvalue weighted by Gasteiger charge is -2.12. The largest absolute Gasteiger partial charge is 0.383 e. The summed E-state index contributed by atoms with van der Waals surface area (Å²) in [4.78, 5) is 11.1. The molecule has 0 amide bonds. The number of hydrogen-bond acceptors (Lipinski definition) is 4. The minimum Gasteiger partial charge on any atom is -0.383 e. The summed E-state index contributed by atoms with van der Waals surface area (Å²) < 4.78 is 0. The molecule has 2 N–H and O–H groups in total. The van der Waals surface area contributed by atoms with Gasteiger partial charge in [0.1, 0.15) is 6.29 Å². The molecule has 3 nitrogen and oxygen atoms in total. The molecule has 106 valence electrons. The van der Waals surface area contributed by atoms with E-state index in [1.54, 1.807) is 17.8 Å². The molecule has 0 spiro atoms. The monoisotopic (exact) mass is 300 g/mol. The summed E-state index contributed by atoms with van der Waals surface area (Å²) in [5.41, 5.74) is 2.65. The van der Waals surface area contributed by atoms with Crippen molar-refractivity contribution in [1.82, 2.24) is 5.32 Å². The highest BCUT2D eigenvalue weighted by Gasteiger charge is 2.08. The summed E-state index contributed by atoms with van der Waals surface area (Å²) >= 11 is 7.95. The van der Waals surface area contributed by atoms with Gasteiger partial charge >= 0.3 is 0 Å². The normalized spacial score (nSPS) is 10.5. The van der Waals surface area contributed by atoms with Gasteiger partial charge in [0.25, 0.3) is 0 Å². The maximum atomic E-state index is 11.1. The second-order valence-corrected chi connectivity index (χ2v) is 5.56. The van der Waals surface area contributed by atoms with Crippen LogP contribution in [-0.2, 0) is 6.42 Å². The van der Waals surface area contributed by atoms with Gasteiger partial charge in [0.05, 0.1) is 10.7 Å². The second kappa shape index (κ2) is 9.23. The zero-order chi connectivity index (χ0) is 14.1. The fourth-order valence-electron chi connectivity index (χ4n) is 1.77. The average molecular weight is 301 g/mol. The van der Waals surface area contributed by atoms with Gasteiger partial charge in [0, 0.05) is 18.7 Å². The minimum atomic E-state index is 0.603. The highest BCUT2D eigenvalue weighted by atomic mass is 35.5. The molecular weight excluding hydrogens is 280 g/mol. The van der Waals surface area contributed by atoms with Crippen molar-refractivity contribution >= 4 is 35.3 Å². The van der Waals surface area contributed by atoms with Gasteiger partial charge in [-0.15, -0.1) is 0 Å². The van der Waals surface area contributed by atoms with Gasteiger partial charge in [-0.1, -0.05) is 18.5 Å². The maximum Gasteiger partial charge on any atom is 0.150 e. The predicted molar refractivity (Wildman–Crippen MR) is 86.0 cm³/mol. The van der Waals surface area contributed by atoms with Crippen LogP contribution in [0.15, 0.2) is 12.1 Å². The lowest BCUT2D eigenvalue weighted by atomic mass is 10.1. The van der Waals surface area contributed by atoms with Gasteiger partial charge < -0.3 is 10.6 Å². The first-order valence-electron chi connectivity index (χ1n) is 6.44. The Bertz CT molecular complexity index is 413. The van der Waals surface area contributed by atoms with Crippen LogP contribution in [0.5, 0.6) is 0 Å². The van der Waals surface area contributed by atoms with E-state index in [0.29, 0.717) is 10.6 Å². The van der Waals surface area contributed by atoms with E-state index in [9.17, 15) is 4.79 Å². The molecule has 0 fully saturated rings. The molecule has 1 rings (SSSR count). The van der Waals surface area contributed by atoms with Crippen molar-refractivity contribution in [2.45, 2.75) is 13.3 Å². The number of anilines is 1. The molecule has 0 saturated carbocycles. The van der Waals surface area contributed by atoms with Gasteiger partial charge in [-0.25, -0.2) is 0 Å². The molecule has 1 aromatic carbocycles. The molecule has 0 aromatic heterocycles. The fraction of sp³-hybridized carbons (Fsp3) is 0.500. The molecule has 0 bridgehead atoms. The lowest BCUT2D eigenvalue weighted by molar-refractivity contribution is 0.112. The quantitative estimate of drug-likeness (QED) is 0.543. The van der Waals surface area contributed by atoms with Crippen molar-refractivity contribution in [3.8, 4) is 0 Å². The SMILES string of the molecule is CCNCCNc1cc(CCSC)c(C=O)cc1Cl. The molecule has 0 radical (unpaired) electrons. The third-order valence-corrected chi connectivity index (χ3v) is 3.72. The van der Waals surface area contributed by atoms with Crippen LogP contribution in [0.25, 0.3) is 0 Å². The molecule has 0 unspecified atom stereocenters. The number of aryl methyl sites for hydroxylation is 1. The van der Waals surface area contributed by atoms with Gasteiger partial charge in [-0.2, -0.15) is 11.8 Å². The van der Waals surface area contributed by atoms with Crippen molar-refractivity contribution in [2.75, 3.05) is 37.0 Å². The van der Waals surface area contributed by atoms with Gasteiger partial charge in [-0.3, -0.25) is 4.79 Å². The number of carbonyl (C=O) groups excluding carboxylic acids is 1. The van der Waals surface area contributed by atoms with Crippen molar-refractivity contribution in [2.24, 2.45) is 0 Å². The molecule has 0 aliphatic carbocycles. The molecule has 0 saturated heterocycles. The fourth-order valence-corrected chi connectivity index (χ4v) is 2.43. The number of benzene rings is 1. The number of carbonyl (C=O) groups is 1. The van der Waals surface area contributed by atoms with Crippen molar-refractivity contribution in [3.63, 3.8) is 0 Å². The highest BCUT2D eigenvalue weighted by molar-refractivity contribution is 7.98. The smallest absolute Gasteiger partial charge is 0.150 e. The number of aldehydes is 1. The van der Waals surface area contributed by atoms with E-state index in [1.807, 2.05) is 6.07 Å². The standard InChI is InChI=1S/C14H21ClN2OS/c1-3-16-5-6-17-14-9-11(4-7-19-2)12(10-18)8-13(14)15/h8-10,16-17H,3-7H2,1-2H3.